The summed E-state index contributed by atoms with van der Waals surface area (Å²) in [6, 6.07) is 8.01. The van der Waals surface area contributed by atoms with E-state index < -0.39 is 0 Å². The quantitative estimate of drug-likeness (QED) is 0.630. The first-order valence-electron chi connectivity index (χ1n) is 9.28. The fourth-order valence-electron chi connectivity index (χ4n) is 3.59. The summed E-state index contributed by atoms with van der Waals surface area (Å²) in [4.78, 5) is 11.2. The summed E-state index contributed by atoms with van der Waals surface area (Å²) in [5, 5.41) is 14.0. The Hall–Kier alpha value is -2.49. The Morgan fingerprint density at radius 1 is 1.19 bits per heavy atom. The maximum Gasteiger partial charge on any atom is 0.129 e. The predicted molar refractivity (Wildman–Crippen MR) is 105 cm³/mol. The van der Waals surface area contributed by atoms with Crippen molar-refractivity contribution in [3.8, 4) is 17.2 Å². The third-order valence-electron chi connectivity index (χ3n) is 5.02. The normalized spacial score (nSPS) is 17.9. The minimum atomic E-state index is 0.192. The van der Waals surface area contributed by atoms with Gasteiger partial charge in [0.05, 0.1) is 29.2 Å². The van der Waals surface area contributed by atoms with E-state index in [1.807, 2.05) is 35.4 Å². The molecule has 1 aliphatic rings. The topological polar surface area (TPSA) is 70.6 Å². The van der Waals surface area contributed by atoms with Crippen molar-refractivity contribution < 1.29 is 0 Å². The van der Waals surface area contributed by atoms with Crippen molar-refractivity contribution in [2.45, 2.75) is 25.8 Å². The molecule has 0 spiro atoms. The van der Waals surface area contributed by atoms with Gasteiger partial charge in [-0.2, -0.15) is 10.4 Å². The first-order chi connectivity index (χ1) is 13.2. The summed E-state index contributed by atoms with van der Waals surface area (Å²) in [6.45, 7) is 3.87. The van der Waals surface area contributed by atoms with Gasteiger partial charge in [0, 0.05) is 36.6 Å². The Balaban J connectivity index is 1.38. The standard InChI is InChI=1S/C20H21ClN6/c21-20-5-4-18-19(25-20)9-16(11-23-18)17-12-24-27(14-17)8-2-7-26-6-1-3-15(10-22)13-26/h4-5,9,11-12,14-15H,1-3,6-8,13H2. The molecule has 4 heterocycles. The van der Waals surface area contributed by atoms with Crippen molar-refractivity contribution in [2.75, 3.05) is 19.6 Å². The monoisotopic (exact) mass is 380 g/mol. The summed E-state index contributed by atoms with van der Waals surface area (Å²) >= 11 is 5.98. The molecule has 7 heteroatoms. The van der Waals surface area contributed by atoms with E-state index in [0.29, 0.717) is 5.15 Å². The molecule has 3 aromatic heterocycles. The fourth-order valence-corrected chi connectivity index (χ4v) is 3.75. The van der Waals surface area contributed by atoms with Crippen LogP contribution in [-0.2, 0) is 6.54 Å². The molecule has 0 aromatic carbocycles. The molecule has 6 nitrogen and oxygen atoms in total. The molecule has 138 valence electrons. The molecule has 0 radical (unpaired) electrons. The number of nitriles is 1. The Morgan fingerprint density at radius 3 is 3.00 bits per heavy atom. The summed E-state index contributed by atoms with van der Waals surface area (Å²) in [6.07, 6.45) is 8.93. The van der Waals surface area contributed by atoms with Crippen molar-refractivity contribution in [3.63, 3.8) is 0 Å². The lowest BCUT2D eigenvalue weighted by Gasteiger charge is -2.29. The molecule has 27 heavy (non-hydrogen) atoms. The van der Waals surface area contributed by atoms with Gasteiger partial charge in [0.25, 0.3) is 0 Å². The summed E-state index contributed by atoms with van der Waals surface area (Å²) in [5.41, 5.74) is 3.61. The van der Waals surface area contributed by atoms with Crippen molar-refractivity contribution in [1.82, 2.24) is 24.6 Å². The van der Waals surface area contributed by atoms with Crippen LogP contribution in [0.25, 0.3) is 22.2 Å². The van der Waals surface area contributed by atoms with Crippen molar-refractivity contribution in [3.05, 3.63) is 41.9 Å². The molecule has 1 saturated heterocycles. The molecule has 3 aromatic rings. The number of rotatable bonds is 5. The third-order valence-corrected chi connectivity index (χ3v) is 5.23. The van der Waals surface area contributed by atoms with Gasteiger partial charge in [-0.3, -0.25) is 9.67 Å². The average molecular weight is 381 g/mol. The Labute approximate surface area is 163 Å². The maximum absolute atomic E-state index is 9.10. The van der Waals surface area contributed by atoms with Crippen LogP contribution in [-0.4, -0.2) is 44.3 Å². The number of aromatic nitrogens is 4. The van der Waals surface area contributed by atoms with Gasteiger partial charge in [-0.25, -0.2) is 4.98 Å². The largest absolute Gasteiger partial charge is 0.302 e. The highest BCUT2D eigenvalue weighted by atomic mass is 35.5. The van der Waals surface area contributed by atoms with Gasteiger partial charge in [-0.1, -0.05) is 11.6 Å². The lowest BCUT2D eigenvalue weighted by Crippen LogP contribution is -2.35. The highest BCUT2D eigenvalue weighted by molar-refractivity contribution is 6.29. The molecule has 1 fully saturated rings. The molecule has 0 saturated carbocycles. The molecule has 0 bridgehead atoms. The number of pyridine rings is 2. The Kier molecular flexibility index (Phi) is 5.33. The molecule has 0 N–H and O–H groups in total. The zero-order valence-electron chi connectivity index (χ0n) is 15.1. The highest BCUT2D eigenvalue weighted by Crippen LogP contribution is 2.22. The van der Waals surface area contributed by atoms with Crippen LogP contribution < -0.4 is 0 Å². The zero-order chi connectivity index (χ0) is 18.6. The van der Waals surface area contributed by atoms with Crippen LogP contribution in [0.1, 0.15) is 19.3 Å². The second-order valence-corrected chi connectivity index (χ2v) is 7.40. The van der Waals surface area contributed by atoms with Crippen molar-refractivity contribution in [1.29, 1.82) is 5.26 Å². The Bertz CT molecular complexity index is 976. The van der Waals surface area contributed by atoms with Gasteiger partial charge in [-0.15, -0.1) is 0 Å². The third kappa shape index (κ3) is 4.26. The highest BCUT2D eigenvalue weighted by Gasteiger charge is 2.18. The van der Waals surface area contributed by atoms with E-state index in [9.17, 15) is 0 Å². The van der Waals surface area contributed by atoms with Crippen LogP contribution >= 0.6 is 11.6 Å². The van der Waals surface area contributed by atoms with Crippen LogP contribution in [0.2, 0.25) is 5.15 Å². The molecule has 1 atom stereocenters. The molecule has 1 unspecified atom stereocenters. The summed E-state index contributed by atoms with van der Waals surface area (Å²) in [5.74, 6) is 0.192. The zero-order valence-corrected chi connectivity index (χ0v) is 15.8. The number of hydrogen-bond donors (Lipinski definition) is 0. The maximum atomic E-state index is 9.10. The number of aryl methyl sites for hydroxylation is 1. The Morgan fingerprint density at radius 2 is 2.11 bits per heavy atom. The van der Waals surface area contributed by atoms with E-state index in [2.05, 4.69) is 26.0 Å². The van der Waals surface area contributed by atoms with E-state index in [-0.39, 0.29) is 5.92 Å². The second-order valence-electron chi connectivity index (χ2n) is 7.01. The van der Waals surface area contributed by atoms with Gasteiger partial charge < -0.3 is 4.90 Å². The summed E-state index contributed by atoms with van der Waals surface area (Å²) < 4.78 is 1.97. The molecule has 0 aliphatic carbocycles. The van der Waals surface area contributed by atoms with Crippen LogP contribution in [0.4, 0.5) is 0 Å². The number of fused-ring (bicyclic) bond motifs is 1. The number of likely N-dealkylation sites (tertiary alicyclic amines) is 1. The molecule has 4 rings (SSSR count). The van der Waals surface area contributed by atoms with E-state index in [0.717, 1.165) is 67.6 Å². The van der Waals surface area contributed by atoms with Crippen LogP contribution in [0.3, 0.4) is 0 Å². The lowest BCUT2D eigenvalue weighted by molar-refractivity contribution is 0.194. The second kappa shape index (κ2) is 8.03. The number of piperidine rings is 1. The SMILES string of the molecule is N#CC1CCCN(CCCn2cc(-c3cnc4ccc(Cl)nc4c3)cn2)C1. The van der Waals surface area contributed by atoms with E-state index >= 15 is 0 Å². The van der Waals surface area contributed by atoms with Gasteiger partial charge in [-0.05, 0) is 50.6 Å². The first kappa shape index (κ1) is 17.9. The van der Waals surface area contributed by atoms with Gasteiger partial charge >= 0.3 is 0 Å². The van der Waals surface area contributed by atoms with Crippen LogP contribution in [0, 0.1) is 17.2 Å². The smallest absolute Gasteiger partial charge is 0.129 e. The van der Waals surface area contributed by atoms with Gasteiger partial charge in [0.15, 0.2) is 0 Å². The van der Waals surface area contributed by atoms with E-state index in [1.54, 1.807) is 6.07 Å². The minimum Gasteiger partial charge on any atom is -0.302 e. The molecular formula is C20H21ClN6. The molecule has 0 amide bonds. The van der Waals surface area contributed by atoms with Crippen molar-refractivity contribution in [2.24, 2.45) is 5.92 Å². The molecule has 1 aliphatic heterocycles. The van der Waals surface area contributed by atoms with Gasteiger partial charge in [0.2, 0.25) is 0 Å². The minimum absolute atomic E-state index is 0.192. The first-order valence-corrected chi connectivity index (χ1v) is 9.66. The fraction of sp³-hybridized carbons (Fsp3) is 0.400. The number of hydrogen-bond acceptors (Lipinski definition) is 5. The average Bonchev–Trinajstić information content (AvgIpc) is 3.16. The van der Waals surface area contributed by atoms with E-state index in [1.165, 1.54) is 0 Å². The van der Waals surface area contributed by atoms with E-state index in [4.69, 9.17) is 16.9 Å². The lowest BCUT2D eigenvalue weighted by atomic mass is 10.00. The predicted octanol–water partition coefficient (Wildman–Crippen LogP) is 3.77. The van der Waals surface area contributed by atoms with Crippen LogP contribution in [0.5, 0.6) is 0 Å². The van der Waals surface area contributed by atoms with Crippen molar-refractivity contribution >= 4 is 22.6 Å². The molecular weight excluding hydrogens is 360 g/mol. The number of halogens is 1. The number of nitrogens with zero attached hydrogens (tertiary/aromatic N) is 6. The van der Waals surface area contributed by atoms with Gasteiger partial charge in [0.1, 0.15) is 5.15 Å². The summed E-state index contributed by atoms with van der Waals surface area (Å²) in [7, 11) is 0. The van der Waals surface area contributed by atoms with Crippen LogP contribution in [0.15, 0.2) is 36.8 Å².